The Kier molecular flexibility index (Phi) is 4.08. The molecule has 1 atom stereocenters. The molecular weight excluding hydrogens is 359 g/mol. The molecule has 2 amide bonds. The summed E-state index contributed by atoms with van der Waals surface area (Å²) in [7, 11) is 0. The predicted octanol–water partition coefficient (Wildman–Crippen LogP) is 3.35. The number of hydrogen-bond donors (Lipinski definition) is 2. The average molecular weight is 373 g/mol. The Morgan fingerprint density at radius 2 is 2.04 bits per heavy atom. The van der Waals surface area contributed by atoms with Gasteiger partial charge in [0.1, 0.15) is 5.82 Å². The van der Waals surface area contributed by atoms with Crippen molar-refractivity contribution in [2.45, 2.75) is 6.42 Å². The third-order valence-corrected chi connectivity index (χ3v) is 4.63. The van der Waals surface area contributed by atoms with Gasteiger partial charge < -0.3 is 5.32 Å². The molecule has 0 spiro atoms. The highest BCUT2D eigenvalue weighted by atomic mass is 35.5. The molecule has 0 radical (unpaired) electrons. The Bertz CT molecular complexity index is 1000. The van der Waals surface area contributed by atoms with E-state index in [2.05, 4.69) is 15.5 Å². The highest BCUT2D eigenvalue weighted by molar-refractivity contribution is 6.30. The molecule has 1 aliphatic heterocycles. The normalized spacial score (nSPS) is 17.1. The van der Waals surface area contributed by atoms with Crippen molar-refractivity contribution in [3.05, 3.63) is 53.3 Å². The van der Waals surface area contributed by atoms with Crippen molar-refractivity contribution in [3.8, 4) is 0 Å². The van der Waals surface area contributed by atoms with Gasteiger partial charge in [0.05, 0.1) is 16.8 Å². The number of hydrogen-bond acceptors (Lipinski definition) is 3. The van der Waals surface area contributed by atoms with Gasteiger partial charge in [0.2, 0.25) is 11.8 Å². The molecule has 1 unspecified atom stereocenters. The van der Waals surface area contributed by atoms with E-state index in [1.807, 2.05) is 0 Å². The van der Waals surface area contributed by atoms with Gasteiger partial charge in [-0.2, -0.15) is 5.10 Å². The summed E-state index contributed by atoms with van der Waals surface area (Å²) in [6, 6.07) is 11.3. The van der Waals surface area contributed by atoms with Gasteiger partial charge in [0.25, 0.3) is 0 Å². The molecule has 3 aromatic rings. The van der Waals surface area contributed by atoms with Crippen LogP contribution in [0.4, 0.5) is 15.9 Å². The minimum Gasteiger partial charge on any atom is -0.326 e. The van der Waals surface area contributed by atoms with Crippen LogP contribution in [0, 0.1) is 11.7 Å². The Balaban J connectivity index is 1.54. The lowest BCUT2D eigenvalue weighted by Gasteiger charge is -2.14. The van der Waals surface area contributed by atoms with E-state index in [1.54, 1.807) is 36.4 Å². The first kappa shape index (κ1) is 16.5. The van der Waals surface area contributed by atoms with Crippen molar-refractivity contribution in [1.29, 1.82) is 0 Å². The Hall–Kier alpha value is -2.93. The maximum atomic E-state index is 14.1. The summed E-state index contributed by atoms with van der Waals surface area (Å²) in [6.07, 6.45) is 0.0439. The number of rotatable bonds is 3. The zero-order chi connectivity index (χ0) is 18.3. The van der Waals surface area contributed by atoms with E-state index < -0.39 is 11.7 Å². The summed E-state index contributed by atoms with van der Waals surface area (Å²) in [5, 5.41) is 10.4. The lowest BCUT2D eigenvalue weighted by Crippen LogP contribution is -2.28. The number of H-pyrrole nitrogens is 1. The van der Waals surface area contributed by atoms with Crippen LogP contribution in [0.15, 0.2) is 42.5 Å². The monoisotopic (exact) mass is 372 g/mol. The van der Waals surface area contributed by atoms with Crippen molar-refractivity contribution >= 4 is 45.8 Å². The fourth-order valence-corrected chi connectivity index (χ4v) is 3.20. The summed E-state index contributed by atoms with van der Waals surface area (Å²) in [4.78, 5) is 26.2. The fraction of sp³-hybridized carbons (Fsp3) is 0.167. The minimum atomic E-state index is -0.545. The number of amides is 2. The first-order valence-electron chi connectivity index (χ1n) is 8.02. The number of fused-ring (bicyclic) bond motifs is 1. The fourth-order valence-electron chi connectivity index (χ4n) is 3.07. The highest BCUT2D eigenvalue weighted by Gasteiger charge is 2.37. The van der Waals surface area contributed by atoms with Crippen LogP contribution < -0.4 is 10.2 Å². The Labute approximate surface area is 152 Å². The third-order valence-electron chi connectivity index (χ3n) is 4.38. The molecule has 2 aromatic carbocycles. The number of halogens is 2. The molecule has 0 bridgehead atoms. The van der Waals surface area contributed by atoms with E-state index in [1.165, 1.54) is 11.0 Å². The Morgan fingerprint density at radius 1 is 1.27 bits per heavy atom. The number of nitrogens with one attached hydrogen (secondary N) is 2. The highest BCUT2D eigenvalue weighted by Crippen LogP contribution is 2.31. The van der Waals surface area contributed by atoms with E-state index >= 15 is 0 Å². The van der Waals surface area contributed by atoms with Crippen molar-refractivity contribution in [2.24, 2.45) is 5.92 Å². The lowest BCUT2D eigenvalue weighted by atomic mass is 10.1. The zero-order valence-corrected chi connectivity index (χ0v) is 14.3. The standard InChI is InChI=1S/C18H14ClFN4O2/c19-11-4-6-12(7-5-11)21-18(26)10-8-15(25)24(9-10)17-16-13(20)2-1-3-14(16)22-23-17/h1-7,10H,8-9H2,(H,21,26)(H,22,23). The zero-order valence-electron chi connectivity index (χ0n) is 13.5. The van der Waals surface area contributed by atoms with Gasteiger partial charge in [-0.25, -0.2) is 4.39 Å². The second-order valence-corrected chi connectivity index (χ2v) is 6.55. The number of nitrogens with zero attached hydrogens (tertiary/aromatic N) is 2. The van der Waals surface area contributed by atoms with Gasteiger partial charge >= 0.3 is 0 Å². The molecule has 1 fully saturated rings. The van der Waals surface area contributed by atoms with E-state index in [0.717, 1.165) is 0 Å². The van der Waals surface area contributed by atoms with Gasteiger partial charge in [-0.3, -0.25) is 19.6 Å². The minimum absolute atomic E-state index is 0.0439. The maximum Gasteiger partial charge on any atom is 0.229 e. The molecule has 0 aliphatic carbocycles. The smallest absolute Gasteiger partial charge is 0.229 e. The van der Waals surface area contributed by atoms with Gasteiger partial charge in [-0.05, 0) is 36.4 Å². The molecule has 1 aromatic heterocycles. The molecule has 6 nitrogen and oxygen atoms in total. The maximum absolute atomic E-state index is 14.1. The largest absolute Gasteiger partial charge is 0.326 e. The van der Waals surface area contributed by atoms with Crippen LogP contribution in [-0.2, 0) is 9.59 Å². The molecule has 4 rings (SSSR count). The van der Waals surface area contributed by atoms with Crippen LogP contribution in [-0.4, -0.2) is 28.6 Å². The summed E-state index contributed by atoms with van der Waals surface area (Å²) in [6.45, 7) is 0.145. The first-order chi connectivity index (χ1) is 12.5. The molecular formula is C18H14ClFN4O2. The quantitative estimate of drug-likeness (QED) is 0.740. The van der Waals surface area contributed by atoms with Crippen LogP contribution in [0.1, 0.15) is 6.42 Å². The van der Waals surface area contributed by atoms with Gasteiger partial charge in [-0.1, -0.05) is 17.7 Å². The topological polar surface area (TPSA) is 78.1 Å². The third kappa shape index (κ3) is 2.90. The molecule has 2 N–H and O–H groups in total. The van der Waals surface area contributed by atoms with Crippen molar-refractivity contribution < 1.29 is 14.0 Å². The average Bonchev–Trinajstić information content (AvgIpc) is 3.21. The second-order valence-electron chi connectivity index (χ2n) is 6.11. The number of anilines is 2. The van der Waals surface area contributed by atoms with E-state index in [-0.39, 0.29) is 36.0 Å². The van der Waals surface area contributed by atoms with E-state index in [0.29, 0.717) is 16.2 Å². The first-order valence-corrected chi connectivity index (χ1v) is 8.40. The molecule has 26 heavy (non-hydrogen) atoms. The van der Waals surface area contributed by atoms with Crippen LogP contribution in [0.25, 0.3) is 10.9 Å². The van der Waals surface area contributed by atoms with Gasteiger partial charge in [0.15, 0.2) is 5.82 Å². The molecule has 132 valence electrons. The predicted molar refractivity (Wildman–Crippen MR) is 96.6 cm³/mol. The van der Waals surface area contributed by atoms with Gasteiger partial charge in [0, 0.05) is 23.7 Å². The van der Waals surface area contributed by atoms with Crippen molar-refractivity contribution in [1.82, 2.24) is 10.2 Å². The number of aromatic nitrogens is 2. The van der Waals surface area contributed by atoms with E-state index in [9.17, 15) is 14.0 Å². The van der Waals surface area contributed by atoms with Crippen LogP contribution in [0.2, 0.25) is 5.02 Å². The van der Waals surface area contributed by atoms with Crippen LogP contribution in [0.5, 0.6) is 0 Å². The summed E-state index contributed by atoms with van der Waals surface area (Å²) < 4.78 is 14.1. The number of carbonyl (C=O) groups is 2. The second kappa shape index (κ2) is 6.42. The molecule has 0 saturated carbocycles. The Morgan fingerprint density at radius 3 is 2.81 bits per heavy atom. The lowest BCUT2D eigenvalue weighted by molar-refractivity contribution is -0.122. The number of aromatic amines is 1. The summed E-state index contributed by atoms with van der Waals surface area (Å²) in [5.41, 5.74) is 1.10. The summed E-state index contributed by atoms with van der Waals surface area (Å²) >= 11 is 5.83. The van der Waals surface area contributed by atoms with Crippen LogP contribution >= 0.6 is 11.6 Å². The van der Waals surface area contributed by atoms with Crippen molar-refractivity contribution in [2.75, 3.05) is 16.8 Å². The number of benzene rings is 2. The van der Waals surface area contributed by atoms with Crippen molar-refractivity contribution in [3.63, 3.8) is 0 Å². The van der Waals surface area contributed by atoms with E-state index in [4.69, 9.17) is 11.6 Å². The summed E-state index contributed by atoms with van der Waals surface area (Å²) in [5.74, 6) is -1.34. The SMILES string of the molecule is O=C(Nc1ccc(Cl)cc1)C1CC(=O)N(c2n[nH]c3cccc(F)c23)C1. The molecule has 1 saturated heterocycles. The molecule has 8 heteroatoms. The number of carbonyl (C=O) groups excluding carboxylic acids is 2. The van der Waals surface area contributed by atoms with Gasteiger partial charge in [-0.15, -0.1) is 0 Å². The molecule has 1 aliphatic rings. The molecule has 2 heterocycles. The van der Waals surface area contributed by atoms with Crippen LogP contribution in [0.3, 0.4) is 0 Å².